The Bertz CT molecular complexity index is 596. The number of nitrogens with two attached hydrogens (primary N) is 1. The molecule has 0 saturated carbocycles. The van der Waals surface area contributed by atoms with Gasteiger partial charge in [0, 0.05) is 18.2 Å². The minimum Gasteiger partial charge on any atom is -0.364 e. The number of nitrogen functional groups attached to an aromatic ring is 1. The Morgan fingerprint density at radius 2 is 2.00 bits per heavy atom. The van der Waals surface area contributed by atoms with E-state index in [0.29, 0.717) is 12.4 Å². The van der Waals surface area contributed by atoms with Gasteiger partial charge in [0.1, 0.15) is 17.5 Å². The van der Waals surface area contributed by atoms with E-state index in [1.165, 1.54) is 5.56 Å². The number of nitrogens with zero attached hydrogens (tertiary/aromatic N) is 3. The molecule has 2 rings (SSSR count). The summed E-state index contributed by atoms with van der Waals surface area (Å²) in [7, 11) is 0. The van der Waals surface area contributed by atoms with Gasteiger partial charge in [-0.25, -0.2) is 15.8 Å². The fraction of sp³-hybridized carbons (Fsp3) is 0.400. The first-order valence-corrected chi connectivity index (χ1v) is 7.16. The molecule has 4 N–H and O–H groups in total. The third-order valence-corrected chi connectivity index (χ3v) is 3.21. The predicted molar refractivity (Wildman–Crippen MR) is 84.9 cm³/mol. The Hall–Kier alpha value is -2.21. The molecule has 0 amide bonds. The molecule has 2 heterocycles. The molecule has 2 aromatic rings. The third kappa shape index (κ3) is 3.88. The van der Waals surface area contributed by atoms with Crippen molar-refractivity contribution in [2.75, 3.05) is 10.7 Å². The van der Waals surface area contributed by atoms with Crippen LogP contribution in [0.25, 0.3) is 0 Å². The predicted octanol–water partition coefficient (Wildman–Crippen LogP) is 2.46. The maximum absolute atomic E-state index is 5.46. The van der Waals surface area contributed by atoms with E-state index in [1.807, 2.05) is 26.1 Å². The smallest absolute Gasteiger partial charge is 0.145 e. The summed E-state index contributed by atoms with van der Waals surface area (Å²) in [6.07, 6.45) is 2.77. The summed E-state index contributed by atoms with van der Waals surface area (Å²) in [5, 5.41) is 3.30. The van der Waals surface area contributed by atoms with Crippen LogP contribution in [-0.2, 0) is 13.0 Å². The lowest BCUT2D eigenvalue weighted by Gasteiger charge is -2.12. The van der Waals surface area contributed by atoms with Crippen LogP contribution in [0.2, 0.25) is 0 Å². The summed E-state index contributed by atoms with van der Waals surface area (Å²) < 4.78 is 0. The molecule has 0 saturated heterocycles. The number of aromatic nitrogens is 3. The SMILES string of the molecule is CCc1cccnc1CNc1cc(NN)nc(C(C)C)n1. The van der Waals surface area contributed by atoms with Crippen molar-refractivity contribution in [3.05, 3.63) is 41.5 Å². The van der Waals surface area contributed by atoms with E-state index in [-0.39, 0.29) is 5.92 Å². The van der Waals surface area contributed by atoms with Crippen LogP contribution >= 0.6 is 0 Å². The van der Waals surface area contributed by atoms with Crippen molar-refractivity contribution < 1.29 is 0 Å². The molecule has 21 heavy (non-hydrogen) atoms. The highest BCUT2D eigenvalue weighted by molar-refractivity contribution is 5.47. The first-order chi connectivity index (χ1) is 10.1. The molecule has 0 aromatic carbocycles. The quantitative estimate of drug-likeness (QED) is 0.558. The minimum atomic E-state index is 0.236. The molecular weight excluding hydrogens is 264 g/mol. The van der Waals surface area contributed by atoms with Crippen molar-refractivity contribution in [1.29, 1.82) is 0 Å². The molecule has 0 fully saturated rings. The maximum atomic E-state index is 5.46. The lowest BCUT2D eigenvalue weighted by Crippen LogP contribution is -2.13. The highest BCUT2D eigenvalue weighted by atomic mass is 15.3. The minimum absolute atomic E-state index is 0.236. The highest BCUT2D eigenvalue weighted by Crippen LogP contribution is 2.17. The summed E-state index contributed by atoms with van der Waals surface area (Å²) >= 11 is 0. The van der Waals surface area contributed by atoms with Crippen molar-refractivity contribution in [3.8, 4) is 0 Å². The van der Waals surface area contributed by atoms with Crippen LogP contribution in [0.1, 0.15) is 43.8 Å². The Labute approximate surface area is 125 Å². The molecule has 0 bridgehead atoms. The van der Waals surface area contributed by atoms with E-state index in [9.17, 15) is 0 Å². The summed E-state index contributed by atoms with van der Waals surface area (Å²) in [6, 6.07) is 5.84. The van der Waals surface area contributed by atoms with Crippen molar-refractivity contribution in [1.82, 2.24) is 15.0 Å². The van der Waals surface area contributed by atoms with E-state index < -0.39 is 0 Å². The van der Waals surface area contributed by atoms with Gasteiger partial charge in [-0.15, -0.1) is 0 Å². The molecule has 2 aromatic heterocycles. The second-order valence-corrected chi connectivity index (χ2v) is 5.11. The van der Waals surface area contributed by atoms with Gasteiger partial charge in [0.25, 0.3) is 0 Å². The van der Waals surface area contributed by atoms with Crippen LogP contribution in [0.4, 0.5) is 11.6 Å². The fourth-order valence-corrected chi connectivity index (χ4v) is 2.02. The summed E-state index contributed by atoms with van der Waals surface area (Å²) in [4.78, 5) is 13.3. The van der Waals surface area contributed by atoms with E-state index in [1.54, 1.807) is 6.07 Å². The number of hydrazine groups is 1. The molecule has 6 heteroatoms. The molecule has 0 aliphatic rings. The van der Waals surface area contributed by atoms with Gasteiger partial charge in [-0.1, -0.05) is 26.8 Å². The lowest BCUT2D eigenvalue weighted by molar-refractivity contribution is 0.774. The van der Waals surface area contributed by atoms with Gasteiger partial charge in [-0.2, -0.15) is 0 Å². The van der Waals surface area contributed by atoms with Crippen LogP contribution in [-0.4, -0.2) is 15.0 Å². The third-order valence-electron chi connectivity index (χ3n) is 3.21. The highest BCUT2D eigenvalue weighted by Gasteiger charge is 2.08. The van der Waals surface area contributed by atoms with Crippen molar-refractivity contribution >= 4 is 11.6 Å². The molecule has 0 aliphatic heterocycles. The number of nitrogens with one attached hydrogen (secondary N) is 2. The lowest BCUT2D eigenvalue weighted by atomic mass is 10.1. The number of hydrogen-bond acceptors (Lipinski definition) is 6. The van der Waals surface area contributed by atoms with Gasteiger partial charge in [0.2, 0.25) is 0 Å². The van der Waals surface area contributed by atoms with Gasteiger partial charge in [-0.05, 0) is 18.1 Å². The number of hydrogen-bond donors (Lipinski definition) is 3. The zero-order chi connectivity index (χ0) is 15.2. The van der Waals surface area contributed by atoms with Gasteiger partial charge < -0.3 is 10.7 Å². The molecule has 112 valence electrons. The second-order valence-electron chi connectivity index (χ2n) is 5.11. The average Bonchev–Trinajstić information content (AvgIpc) is 2.52. The Morgan fingerprint density at radius 3 is 2.67 bits per heavy atom. The van der Waals surface area contributed by atoms with Crippen molar-refractivity contribution in [2.45, 2.75) is 39.7 Å². The van der Waals surface area contributed by atoms with Crippen LogP contribution < -0.4 is 16.6 Å². The summed E-state index contributed by atoms with van der Waals surface area (Å²) in [6.45, 7) is 6.85. The average molecular weight is 286 g/mol. The molecule has 0 radical (unpaired) electrons. The van der Waals surface area contributed by atoms with Crippen LogP contribution in [0.5, 0.6) is 0 Å². The van der Waals surface area contributed by atoms with Gasteiger partial charge in [0.15, 0.2) is 0 Å². The first-order valence-electron chi connectivity index (χ1n) is 7.16. The molecule has 0 spiro atoms. The van der Waals surface area contributed by atoms with E-state index >= 15 is 0 Å². The van der Waals surface area contributed by atoms with Crippen LogP contribution in [0.3, 0.4) is 0 Å². The van der Waals surface area contributed by atoms with Crippen LogP contribution in [0.15, 0.2) is 24.4 Å². The summed E-state index contributed by atoms with van der Waals surface area (Å²) in [5.41, 5.74) is 4.85. The Kier molecular flexibility index (Phi) is 5.05. The van der Waals surface area contributed by atoms with Crippen molar-refractivity contribution in [2.24, 2.45) is 5.84 Å². The largest absolute Gasteiger partial charge is 0.364 e. The molecule has 0 unspecified atom stereocenters. The first kappa shape index (κ1) is 15.2. The monoisotopic (exact) mass is 286 g/mol. The van der Waals surface area contributed by atoms with E-state index in [2.05, 4.69) is 38.7 Å². The summed E-state index contributed by atoms with van der Waals surface area (Å²) in [5.74, 6) is 7.80. The van der Waals surface area contributed by atoms with E-state index in [0.717, 1.165) is 23.8 Å². The topological polar surface area (TPSA) is 88.8 Å². The zero-order valence-electron chi connectivity index (χ0n) is 12.7. The zero-order valence-corrected chi connectivity index (χ0v) is 12.7. The molecule has 6 nitrogen and oxygen atoms in total. The number of rotatable bonds is 6. The number of anilines is 2. The second kappa shape index (κ2) is 6.99. The standard InChI is InChI=1S/C15H22N6/c1-4-11-6-5-7-17-12(11)9-18-13-8-14(21-16)20-15(19-13)10(2)3/h5-8,10H,4,9,16H2,1-3H3,(H2,18,19,20,21). The normalized spacial score (nSPS) is 10.7. The fourth-order valence-electron chi connectivity index (χ4n) is 2.02. The molecule has 0 atom stereocenters. The molecule has 0 aliphatic carbocycles. The van der Waals surface area contributed by atoms with Crippen molar-refractivity contribution in [3.63, 3.8) is 0 Å². The van der Waals surface area contributed by atoms with Gasteiger partial charge >= 0.3 is 0 Å². The number of pyridine rings is 1. The Morgan fingerprint density at radius 1 is 1.24 bits per heavy atom. The number of aryl methyl sites for hydroxylation is 1. The van der Waals surface area contributed by atoms with Gasteiger partial charge in [-0.3, -0.25) is 4.98 Å². The van der Waals surface area contributed by atoms with Gasteiger partial charge in [0.05, 0.1) is 12.2 Å². The molecular formula is C15H22N6. The Balaban J connectivity index is 2.17. The maximum Gasteiger partial charge on any atom is 0.145 e. The van der Waals surface area contributed by atoms with Crippen LogP contribution in [0, 0.1) is 0 Å². The van der Waals surface area contributed by atoms with E-state index in [4.69, 9.17) is 5.84 Å².